The first kappa shape index (κ1) is 12.4. The highest BCUT2D eigenvalue weighted by Crippen LogP contribution is 2.24. The molecule has 2 N–H and O–H groups in total. The maximum atomic E-state index is 11.8. The van der Waals surface area contributed by atoms with Crippen molar-refractivity contribution < 1.29 is 9.90 Å². The van der Waals surface area contributed by atoms with Gasteiger partial charge in [0.1, 0.15) is 5.75 Å². The number of aromatic hydroxyl groups is 1. The van der Waals surface area contributed by atoms with Gasteiger partial charge in [0.25, 0.3) is 0 Å². The third-order valence-corrected chi connectivity index (χ3v) is 3.68. The lowest BCUT2D eigenvalue weighted by Gasteiger charge is -2.10. The predicted molar refractivity (Wildman–Crippen MR) is 75.9 cm³/mol. The van der Waals surface area contributed by atoms with Crippen molar-refractivity contribution in [1.82, 2.24) is 0 Å². The summed E-state index contributed by atoms with van der Waals surface area (Å²) in [5.74, 6) is 0.626. The van der Waals surface area contributed by atoms with Crippen LogP contribution in [0.4, 0.5) is 5.69 Å². The highest BCUT2D eigenvalue weighted by molar-refractivity contribution is 14.1. The third-order valence-electron chi connectivity index (χ3n) is 2.79. The maximum Gasteiger partial charge on any atom is 0.224 e. The average Bonchev–Trinajstić information content (AvgIpc) is 2.75. The van der Waals surface area contributed by atoms with Gasteiger partial charge >= 0.3 is 0 Å². The summed E-state index contributed by atoms with van der Waals surface area (Å²) >= 11 is 2.10. The van der Waals surface area contributed by atoms with Crippen molar-refractivity contribution in [3.05, 3.63) is 33.9 Å². The van der Waals surface area contributed by atoms with Crippen LogP contribution in [0.1, 0.15) is 19.3 Å². The molecule has 0 bridgehead atoms. The van der Waals surface area contributed by atoms with Crippen molar-refractivity contribution in [1.29, 1.82) is 0 Å². The van der Waals surface area contributed by atoms with E-state index in [1.165, 1.54) is 0 Å². The molecule has 0 saturated heterocycles. The second-order valence-corrected chi connectivity index (χ2v) is 5.34. The molecule has 0 saturated carbocycles. The zero-order valence-corrected chi connectivity index (χ0v) is 11.5. The lowest BCUT2D eigenvalue weighted by Crippen LogP contribution is -2.15. The van der Waals surface area contributed by atoms with Crippen molar-refractivity contribution in [3.8, 4) is 5.75 Å². The van der Waals surface area contributed by atoms with E-state index in [0.29, 0.717) is 12.3 Å². The van der Waals surface area contributed by atoms with Crippen LogP contribution in [0.3, 0.4) is 0 Å². The quantitative estimate of drug-likeness (QED) is 0.503. The Morgan fingerprint density at radius 1 is 1.53 bits per heavy atom. The summed E-state index contributed by atoms with van der Waals surface area (Å²) in [6.45, 7) is 0. The van der Waals surface area contributed by atoms with E-state index in [1.807, 2.05) is 0 Å². The molecular formula is C13H14INO2. The first-order valence-corrected chi connectivity index (χ1v) is 6.68. The molecule has 0 fully saturated rings. The normalized spacial score (nSPS) is 18.3. The van der Waals surface area contributed by atoms with Gasteiger partial charge in [-0.15, -0.1) is 0 Å². The van der Waals surface area contributed by atoms with E-state index in [4.69, 9.17) is 0 Å². The minimum Gasteiger partial charge on any atom is -0.508 e. The molecule has 90 valence electrons. The van der Waals surface area contributed by atoms with Crippen LogP contribution in [0.2, 0.25) is 0 Å². The molecule has 1 unspecified atom stereocenters. The number of phenolic OH excluding ortho intramolecular Hbond substituents is 1. The fourth-order valence-corrected chi connectivity index (χ4v) is 2.54. The van der Waals surface area contributed by atoms with Crippen LogP contribution in [0.25, 0.3) is 0 Å². The molecule has 1 aliphatic rings. The Bertz CT molecular complexity index is 457. The number of carbonyl (C=O) groups is 1. The summed E-state index contributed by atoms with van der Waals surface area (Å²) in [5, 5.41) is 12.1. The lowest BCUT2D eigenvalue weighted by atomic mass is 10.1. The largest absolute Gasteiger partial charge is 0.508 e. The average molecular weight is 343 g/mol. The molecule has 1 aromatic rings. The van der Waals surface area contributed by atoms with E-state index in [0.717, 1.165) is 22.1 Å². The summed E-state index contributed by atoms with van der Waals surface area (Å²) < 4.78 is 0.845. The number of rotatable bonds is 3. The number of hydrogen-bond acceptors (Lipinski definition) is 2. The fourth-order valence-electron chi connectivity index (χ4n) is 1.91. The topological polar surface area (TPSA) is 49.3 Å². The van der Waals surface area contributed by atoms with Gasteiger partial charge in [0.2, 0.25) is 5.91 Å². The third kappa shape index (κ3) is 3.46. The number of phenols is 1. The minimum absolute atomic E-state index is 0.0326. The molecule has 1 aromatic carbocycles. The van der Waals surface area contributed by atoms with Crippen LogP contribution < -0.4 is 5.32 Å². The van der Waals surface area contributed by atoms with Crippen LogP contribution in [-0.4, -0.2) is 11.0 Å². The molecule has 1 aliphatic carbocycles. The van der Waals surface area contributed by atoms with Gasteiger partial charge in [-0.3, -0.25) is 4.79 Å². The van der Waals surface area contributed by atoms with Gasteiger partial charge in [0.15, 0.2) is 0 Å². The first-order chi connectivity index (χ1) is 8.15. The monoisotopic (exact) mass is 343 g/mol. The van der Waals surface area contributed by atoms with Crippen LogP contribution in [0.5, 0.6) is 5.75 Å². The number of benzene rings is 1. The van der Waals surface area contributed by atoms with Crippen LogP contribution in [0.15, 0.2) is 30.4 Å². The van der Waals surface area contributed by atoms with Crippen molar-refractivity contribution in [3.63, 3.8) is 0 Å². The number of halogens is 1. The number of allylic oxidation sites excluding steroid dienone is 2. The van der Waals surface area contributed by atoms with Gasteiger partial charge in [0.05, 0.1) is 5.69 Å². The van der Waals surface area contributed by atoms with E-state index >= 15 is 0 Å². The Labute approximate surface area is 114 Å². The Kier molecular flexibility index (Phi) is 4.04. The van der Waals surface area contributed by atoms with E-state index in [2.05, 4.69) is 40.1 Å². The first-order valence-electron chi connectivity index (χ1n) is 5.60. The summed E-state index contributed by atoms with van der Waals surface area (Å²) in [7, 11) is 0. The molecule has 0 radical (unpaired) electrons. The molecular weight excluding hydrogens is 329 g/mol. The molecule has 0 aromatic heterocycles. The number of carbonyl (C=O) groups excluding carboxylic acids is 1. The Morgan fingerprint density at radius 2 is 2.35 bits per heavy atom. The highest BCUT2D eigenvalue weighted by atomic mass is 127. The Morgan fingerprint density at radius 3 is 3.00 bits per heavy atom. The van der Waals surface area contributed by atoms with Gasteiger partial charge in [-0.1, -0.05) is 12.2 Å². The van der Waals surface area contributed by atoms with E-state index in [1.54, 1.807) is 18.2 Å². The molecule has 1 atom stereocenters. The highest BCUT2D eigenvalue weighted by Gasteiger charge is 2.14. The molecule has 17 heavy (non-hydrogen) atoms. The summed E-state index contributed by atoms with van der Waals surface area (Å²) in [4.78, 5) is 11.8. The molecule has 3 nitrogen and oxygen atoms in total. The molecule has 4 heteroatoms. The number of anilines is 1. The van der Waals surface area contributed by atoms with Crippen molar-refractivity contribution >= 4 is 34.2 Å². The molecule has 0 heterocycles. The number of amides is 1. The Hall–Kier alpha value is -1.04. The molecule has 0 aliphatic heterocycles. The van der Waals surface area contributed by atoms with Gasteiger partial charge in [-0.25, -0.2) is 0 Å². The zero-order chi connectivity index (χ0) is 12.3. The van der Waals surface area contributed by atoms with Crippen molar-refractivity contribution in [2.24, 2.45) is 5.92 Å². The second-order valence-electron chi connectivity index (χ2n) is 4.18. The van der Waals surface area contributed by atoms with E-state index in [-0.39, 0.29) is 11.7 Å². The summed E-state index contributed by atoms with van der Waals surface area (Å²) in [6, 6.07) is 4.93. The number of nitrogens with one attached hydrogen (secondary N) is 1. The van der Waals surface area contributed by atoms with E-state index < -0.39 is 0 Å². The van der Waals surface area contributed by atoms with Crippen molar-refractivity contribution in [2.75, 3.05) is 5.32 Å². The lowest BCUT2D eigenvalue weighted by molar-refractivity contribution is -0.116. The van der Waals surface area contributed by atoms with Crippen LogP contribution in [0, 0.1) is 9.49 Å². The fraction of sp³-hybridized carbons (Fsp3) is 0.308. The Balaban J connectivity index is 1.95. The SMILES string of the molecule is O=C(CC1C=CCC1)Nc1ccc(O)cc1I. The van der Waals surface area contributed by atoms with Crippen LogP contribution in [-0.2, 0) is 4.79 Å². The summed E-state index contributed by atoms with van der Waals surface area (Å²) in [5.41, 5.74) is 0.760. The van der Waals surface area contributed by atoms with Gasteiger partial charge in [0, 0.05) is 9.99 Å². The molecule has 1 amide bonds. The maximum absolute atomic E-state index is 11.8. The zero-order valence-electron chi connectivity index (χ0n) is 9.32. The smallest absolute Gasteiger partial charge is 0.224 e. The standard InChI is InChI=1S/C13H14INO2/c14-11-8-10(16)5-6-12(11)15-13(17)7-9-3-1-2-4-9/h1,3,5-6,8-9,16H,2,4,7H2,(H,15,17). The molecule has 0 spiro atoms. The predicted octanol–water partition coefficient (Wildman–Crippen LogP) is 3.29. The second kappa shape index (κ2) is 5.53. The molecule has 2 rings (SSSR count). The van der Waals surface area contributed by atoms with Gasteiger partial charge in [-0.05, 0) is 59.5 Å². The summed E-state index contributed by atoms with van der Waals surface area (Å²) in [6.07, 6.45) is 6.92. The number of hydrogen-bond donors (Lipinski definition) is 2. The van der Waals surface area contributed by atoms with Crippen molar-refractivity contribution in [2.45, 2.75) is 19.3 Å². The van der Waals surface area contributed by atoms with Crippen LogP contribution >= 0.6 is 22.6 Å². The van der Waals surface area contributed by atoms with E-state index in [9.17, 15) is 9.90 Å². The van der Waals surface area contributed by atoms with Gasteiger partial charge < -0.3 is 10.4 Å². The minimum atomic E-state index is 0.0326. The van der Waals surface area contributed by atoms with Gasteiger partial charge in [-0.2, -0.15) is 0 Å².